The summed E-state index contributed by atoms with van der Waals surface area (Å²) in [4.78, 5) is 36.2. The van der Waals surface area contributed by atoms with Crippen molar-refractivity contribution >= 4 is 40.9 Å². The third kappa shape index (κ3) is 3.49. The quantitative estimate of drug-likeness (QED) is 0.463. The lowest BCUT2D eigenvalue weighted by Crippen LogP contribution is -2.63. The standard InChI is InChI=1S/C24H29Cl2FO6/c1-4-32-21(31)24(33-20(30)19(25)26)8-6-14-13-10-16(27)15-9-12(28)5-7-22(15,2)18(13)17(29)11-23(14,24)3/h5,7,9,13-14,16-19,29H,4,6,8,10-11H2,1-3H3/t13-,14-,16-,17-,18+,22-,23-,24-/m0/s1. The molecule has 1 N–H and O–H groups in total. The highest BCUT2D eigenvalue weighted by atomic mass is 35.5. The molecule has 4 aliphatic rings. The molecule has 0 amide bonds. The van der Waals surface area contributed by atoms with Gasteiger partial charge in [0, 0.05) is 16.7 Å². The van der Waals surface area contributed by atoms with E-state index in [0.29, 0.717) is 12.0 Å². The lowest BCUT2D eigenvalue weighted by atomic mass is 9.46. The topological polar surface area (TPSA) is 89.9 Å². The maximum Gasteiger partial charge on any atom is 0.351 e. The molecule has 0 saturated heterocycles. The number of carbonyl (C=O) groups excluding carboxylic acids is 3. The Kier molecular flexibility index (Phi) is 6.24. The van der Waals surface area contributed by atoms with Gasteiger partial charge in [-0.1, -0.05) is 43.1 Å². The summed E-state index contributed by atoms with van der Waals surface area (Å²) in [7, 11) is 0. The van der Waals surface area contributed by atoms with Crippen molar-refractivity contribution in [3.05, 3.63) is 23.8 Å². The van der Waals surface area contributed by atoms with Crippen molar-refractivity contribution in [2.75, 3.05) is 6.61 Å². The smallest absolute Gasteiger partial charge is 0.351 e. The first-order valence-corrected chi connectivity index (χ1v) is 12.2. The van der Waals surface area contributed by atoms with E-state index >= 15 is 4.39 Å². The molecule has 3 saturated carbocycles. The molecular weight excluding hydrogens is 474 g/mol. The molecule has 0 bridgehead atoms. The van der Waals surface area contributed by atoms with Crippen LogP contribution in [0.1, 0.15) is 46.5 Å². The summed E-state index contributed by atoms with van der Waals surface area (Å²) in [6.45, 7) is 5.39. The third-order valence-corrected chi connectivity index (χ3v) is 9.01. The van der Waals surface area contributed by atoms with Crippen LogP contribution in [0.4, 0.5) is 4.39 Å². The molecule has 0 aromatic heterocycles. The van der Waals surface area contributed by atoms with Crippen LogP contribution < -0.4 is 0 Å². The Morgan fingerprint density at radius 1 is 1.33 bits per heavy atom. The minimum Gasteiger partial charge on any atom is -0.463 e. The summed E-state index contributed by atoms with van der Waals surface area (Å²) < 4.78 is 26.5. The number of ketones is 1. The van der Waals surface area contributed by atoms with Gasteiger partial charge in [0.25, 0.3) is 0 Å². The van der Waals surface area contributed by atoms with Gasteiger partial charge in [-0.2, -0.15) is 0 Å². The van der Waals surface area contributed by atoms with Gasteiger partial charge in [0.1, 0.15) is 6.17 Å². The number of alkyl halides is 3. The van der Waals surface area contributed by atoms with Crippen molar-refractivity contribution in [2.24, 2.45) is 28.6 Å². The van der Waals surface area contributed by atoms with E-state index in [2.05, 4.69) is 0 Å². The normalized spacial score (nSPS) is 43.9. The summed E-state index contributed by atoms with van der Waals surface area (Å²) >= 11 is 11.5. The van der Waals surface area contributed by atoms with Gasteiger partial charge >= 0.3 is 11.9 Å². The average molecular weight is 503 g/mol. The molecule has 0 spiro atoms. The Balaban J connectivity index is 1.78. The number of esters is 2. The Labute approximate surface area is 202 Å². The van der Waals surface area contributed by atoms with Gasteiger partial charge < -0.3 is 14.6 Å². The van der Waals surface area contributed by atoms with Crippen LogP contribution in [0.3, 0.4) is 0 Å². The summed E-state index contributed by atoms with van der Waals surface area (Å²) in [5.41, 5.74) is -3.11. The number of carbonyl (C=O) groups is 3. The fourth-order valence-electron chi connectivity index (χ4n) is 7.33. The molecule has 0 heterocycles. The van der Waals surface area contributed by atoms with Crippen LogP contribution in [0.5, 0.6) is 0 Å². The number of rotatable bonds is 4. The Bertz CT molecular complexity index is 934. The molecule has 4 rings (SSSR count). The molecule has 6 nitrogen and oxygen atoms in total. The van der Waals surface area contributed by atoms with Crippen LogP contribution in [-0.2, 0) is 23.9 Å². The Hall–Kier alpha value is -1.44. The van der Waals surface area contributed by atoms with E-state index in [1.54, 1.807) is 19.9 Å². The van der Waals surface area contributed by atoms with Gasteiger partial charge in [0.2, 0.25) is 10.4 Å². The lowest BCUT2D eigenvalue weighted by Gasteiger charge is -2.60. The zero-order valence-electron chi connectivity index (χ0n) is 18.9. The minimum atomic E-state index is -1.68. The number of allylic oxidation sites excluding steroid dienone is 4. The maximum atomic E-state index is 15.5. The van der Waals surface area contributed by atoms with Crippen molar-refractivity contribution in [2.45, 2.75) is 69.2 Å². The van der Waals surface area contributed by atoms with Crippen molar-refractivity contribution in [3.8, 4) is 0 Å². The predicted octanol–water partition coefficient (Wildman–Crippen LogP) is 3.86. The van der Waals surface area contributed by atoms with Gasteiger partial charge in [0.15, 0.2) is 5.78 Å². The fraction of sp³-hybridized carbons (Fsp3) is 0.708. The highest BCUT2D eigenvalue weighted by Gasteiger charge is 2.72. The fourth-order valence-corrected chi connectivity index (χ4v) is 7.42. The minimum absolute atomic E-state index is 0.0796. The van der Waals surface area contributed by atoms with Crippen molar-refractivity contribution in [3.63, 3.8) is 0 Å². The molecule has 182 valence electrons. The number of hydrogen-bond donors (Lipinski definition) is 1. The second-order valence-electron chi connectivity index (χ2n) is 10.1. The first-order chi connectivity index (χ1) is 15.4. The number of aliphatic hydroxyl groups is 1. The second kappa shape index (κ2) is 8.35. The van der Waals surface area contributed by atoms with E-state index in [1.165, 1.54) is 12.2 Å². The molecule has 0 aromatic carbocycles. The van der Waals surface area contributed by atoms with E-state index in [1.807, 2.05) is 6.92 Å². The molecule has 0 aromatic rings. The average Bonchev–Trinajstić information content (AvgIpc) is 3.02. The molecule has 0 radical (unpaired) electrons. The zero-order chi connectivity index (χ0) is 24.3. The number of fused-ring (bicyclic) bond motifs is 5. The number of halogens is 3. The van der Waals surface area contributed by atoms with E-state index in [9.17, 15) is 19.5 Å². The van der Waals surface area contributed by atoms with Gasteiger partial charge in [-0.25, -0.2) is 14.0 Å². The van der Waals surface area contributed by atoms with Gasteiger partial charge in [-0.3, -0.25) is 4.79 Å². The molecule has 4 aliphatic carbocycles. The molecule has 3 fully saturated rings. The van der Waals surface area contributed by atoms with Crippen LogP contribution in [0.25, 0.3) is 0 Å². The molecule has 0 aliphatic heterocycles. The second-order valence-corrected chi connectivity index (χ2v) is 11.2. The molecule has 33 heavy (non-hydrogen) atoms. The number of ether oxygens (including phenoxy) is 2. The van der Waals surface area contributed by atoms with Gasteiger partial charge in [0.05, 0.1) is 12.7 Å². The van der Waals surface area contributed by atoms with Gasteiger partial charge in [-0.15, -0.1) is 0 Å². The first kappa shape index (κ1) is 24.7. The van der Waals surface area contributed by atoms with E-state index in [4.69, 9.17) is 32.7 Å². The van der Waals surface area contributed by atoms with Gasteiger partial charge in [-0.05, 0) is 62.2 Å². The van der Waals surface area contributed by atoms with Crippen LogP contribution in [0, 0.1) is 28.6 Å². The monoisotopic (exact) mass is 502 g/mol. The highest BCUT2D eigenvalue weighted by molar-refractivity contribution is 6.53. The summed E-state index contributed by atoms with van der Waals surface area (Å²) in [6, 6.07) is 0. The SMILES string of the molecule is CCOC(=O)[C@@]1(OC(=O)C(Cl)Cl)CC[C@H]2[C@@H]3C[C@H](F)C4=CC(=O)C=C[C@]4(C)[C@H]3[C@@H](O)C[C@@]21C. The third-order valence-electron chi connectivity index (χ3n) is 8.65. The van der Waals surface area contributed by atoms with Crippen LogP contribution in [-0.4, -0.2) is 52.1 Å². The molecule has 8 atom stereocenters. The van der Waals surface area contributed by atoms with Crippen molar-refractivity contribution in [1.82, 2.24) is 0 Å². The predicted molar refractivity (Wildman–Crippen MR) is 119 cm³/mol. The molecule has 0 unspecified atom stereocenters. The highest BCUT2D eigenvalue weighted by Crippen LogP contribution is 2.68. The van der Waals surface area contributed by atoms with E-state index < -0.39 is 45.5 Å². The Morgan fingerprint density at radius 2 is 2.03 bits per heavy atom. The number of hydrogen-bond acceptors (Lipinski definition) is 6. The van der Waals surface area contributed by atoms with Crippen LogP contribution in [0.2, 0.25) is 0 Å². The van der Waals surface area contributed by atoms with E-state index in [-0.39, 0.29) is 49.4 Å². The largest absolute Gasteiger partial charge is 0.463 e. The number of aliphatic hydroxyl groups excluding tert-OH is 1. The van der Waals surface area contributed by atoms with Crippen molar-refractivity contribution in [1.29, 1.82) is 0 Å². The van der Waals surface area contributed by atoms with Crippen LogP contribution in [0.15, 0.2) is 23.8 Å². The zero-order valence-corrected chi connectivity index (χ0v) is 20.4. The van der Waals surface area contributed by atoms with E-state index in [0.717, 1.165) is 0 Å². The van der Waals surface area contributed by atoms with Crippen molar-refractivity contribution < 1.29 is 33.4 Å². The maximum absolute atomic E-state index is 15.5. The van der Waals surface area contributed by atoms with Crippen LogP contribution >= 0.6 is 23.2 Å². The Morgan fingerprint density at radius 3 is 2.67 bits per heavy atom. The lowest BCUT2D eigenvalue weighted by molar-refractivity contribution is -0.213. The molecule has 9 heteroatoms. The first-order valence-electron chi connectivity index (χ1n) is 11.4. The summed E-state index contributed by atoms with van der Waals surface area (Å²) in [5, 5.41) is 11.4. The molecular formula is C24H29Cl2FO6. The summed E-state index contributed by atoms with van der Waals surface area (Å²) in [6.07, 6.45) is 3.11. The summed E-state index contributed by atoms with van der Waals surface area (Å²) in [5.74, 6) is -2.79.